The van der Waals surface area contributed by atoms with Crippen molar-refractivity contribution in [1.82, 2.24) is 0 Å². The van der Waals surface area contributed by atoms with E-state index in [1.165, 1.54) is 0 Å². The van der Waals surface area contributed by atoms with Crippen LogP contribution in [0, 0.1) is 0 Å². The maximum absolute atomic E-state index is 12.6. The Morgan fingerprint density at radius 1 is 0.773 bits per heavy atom. The summed E-state index contributed by atoms with van der Waals surface area (Å²) < 4.78 is 65.1. The first-order chi connectivity index (χ1) is 9.21. The van der Waals surface area contributed by atoms with Crippen molar-refractivity contribution in [3.63, 3.8) is 0 Å². The van der Waals surface area contributed by atoms with Gasteiger partial charge >= 0.3 is 15.6 Å². The first-order valence-corrected chi connectivity index (χ1v) is 12.3. The van der Waals surface area contributed by atoms with Crippen LogP contribution in [-0.2, 0) is 14.0 Å². The average Bonchev–Trinajstić information content (AvgIpc) is 2.08. The van der Waals surface area contributed by atoms with E-state index in [0.29, 0.717) is 0 Å². The molecule has 132 valence electrons. The topological polar surface area (TPSA) is 43.4 Å². The van der Waals surface area contributed by atoms with E-state index in [-0.39, 0.29) is 15.1 Å². The molecule has 9 heteroatoms. The van der Waals surface area contributed by atoms with E-state index < -0.39 is 32.5 Å². The van der Waals surface area contributed by atoms with Gasteiger partial charge in [-0.25, -0.2) is 0 Å². The van der Waals surface area contributed by atoms with Crippen molar-refractivity contribution >= 4 is 27.0 Å². The van der Waals surface area contributed by atoms with Crippen LogP contribution >= 0.6 is 0 Å². The molecule has 0 aliphatic carbocycles. The Balaban J connectivity index is 6.07. The first kappa shape index (κ1) is 22.1. The van der Waals surface area contributed by atoms with Gasteiger partial charge in [-0.3, -0.25) is 0 Å². The molecule has 0 N–H and O–H groups in total. The Morgan fingerprint density at radius 2 is 1.05 bits per heavy atom. The Bertz CT molecular complexity index is 459. The molecule has 0 unspecified atom stereocenters. The van der Waals surface area contributed by atoms with Crippen molar-refractivity contribution in [2.75, 3.05) is 0 Å². The van der Waals surface area contributed by atoms with E-state index in [1.54, 1.807) is 0 Å². The van der Waals surface area contributed by atoms with Crippen molar-refractivity contribution in [3.8, 4) is 0 Å². The lowest BCUT2D eigenvalue weighted by Crippen LogP contribution is -2.64. The molecule has 0 spiro atoms. The zero-order valence-electron chi connectivity index (χ0n) is 14.8. The molecule has 0 saturated carbocycles. The molecule has 0 aliphatic heterocycles. The molecule has 0 aromatic carbocycles. The van der Waals surface area contributed by atoms with Crippen molar-refractivity contribution in [1.29, 1.82) is 0 Å². The molecule has 0 aromatic rings. The number of hydrogen-bond donors (Lipinski definition) is 0. The summed E-state index contributed by atoms with van der Waals surface area (Å²) in [7, 11) is -8.92. The van der Waals surface area contributed by atoms with Gasteiger partial charge in [0.1, 0.15) is 0 Å². The molecular formula is C13H27F3O3SSi2. The van der Waals surface area contributed by atoms with Crippen molar-refractivity contribution in [2.24, 2.45) is 0 Å². The van der Waals surface area contributed by atoms with E-state index in [4.69, 9.17) is 0 Å². The highest BCUT2D eigenvalue weighted by Crippen LogP contribution is 2.61. The molecule has 0 fully saturated rings. The van der Waals surface area contributed by atoms with Crippen LogP contribution in [0.1, 0.15) is 62.3 Å². The van der Waals surface area contributed by atoms with E-state index in [2.05, 4.69) is 3.87 Å². The number of rotatable bonds is 3. The number of hydrogen-bond acceptors (Lipinski definition) is 3. The largest absolute Gasteiger partial charge is 0.522 e. The molecule has 0 atom stereocenters. The lowest BCUT2D eigenvalue weighted by molar-refractivity contribution is -0.0498. The van der Waals surface area contributed by atoms with Gasteiger partial charge in [-0.1, -0.05) is 62.3 Å². The third-order valence-electron chi connectivity index (χ3n) is 3.96. The van der Waals surface area contributed by atoms with Gasteiger partial charge in [-0.05, 0) is 15.1 Å². The summed E-state index contributed by atoms with van der Waals surface area (Å²) in [6.07, 6.45) is 0. The third kappa shape index (κ3) is 3.96. The summed E-state index contributed by atoms with van der Waals surface area (Å²) in [6, 6.07) is 0. The number of alkyl halides is 3. The molecule has 2 radical (unpaired) electrons. The molecule has 0 aliphatic rings. The average molecular weight is 377 g/mol. The summed E-state index contributed by atoms with van der Waals surface area (Å²) in [5.41, 5.74) is -5.38. The van der Waals surface area contributed by atoms with Crippen LogP contribution in [0.2, 0.25) is 15.1 Å². The van der Waals surface area contributed by atoms with Crippen molar-refractivity contribution < 1.29 is 25.5 Å². The predicted octanol–water partition coefficient (Wildman–Crippen LogP) is 4.82. The highest BCUT2D eigenvalue weighted by Gasteiger charge is 2.62. The molecule has 3 nitrogen and oxygen atoms in total. The summed E-state index contributed by atoms with van der Waals surface area (Å²) in [5.74, 6) is 0. The quantitative estimate of drug-likeness (QED) is 0.524. The van der Waals surface area contributed by atoms with Gasteiger partial charge in [0.15, 0.2) is 0 Å². The van der Waals surface area contributed by atoms with Crippen molar-refractivity contribution in [2.45, 2.75) is 82.9 Å². The SMILES string of the molecule is CC(C)(C)[Si]([Si]OS(=O)(=O)C(F)(F)F)(C(C)(C)C)C(C)(C)C. The minimum absolute atomic E-state index is 0.330. The fourth-order valence-electron chi connectivity index (χ4n) is 4.00. The highest BCUT2D eigenvalue weighted by atomic mass is 32.2. The summed E-state index contributed by atoms with van der Waals surface area (Å²) in [4.78, 5) is 0. The van der Waals surface area contributed by atoms with E-state index >= 15 is 0 Å². The van der Waals surface area contributed by atoms with Crippen LogP contribution in [0.25, 0.3) is 0 Å². The molecule has 22 heavy (non-hydrogen) atoms. The van der Waals surface area contributed by atoms with Crippen LogP contribution in [0.5, 0.6) is 0 Å². The fourth-order valence-corrected chi connectivity index (χ4v) is 17.9. The van der Waals surface area contributed by atoms with Gasteiger partial charge in [0.25, 0.3) is 0 Å². The predicted molar refractivity (Wildman–Crippen MR) is 86.7 cm³/mol. The molecular weight excluding hydrogens is 349 g/mol. The zero-order valence-corrected chi connectivity index (χ0v) is 17.6. The fraction of sp³-hybridized carbons (Fsp3) is 1.00. The second kappa shape index (κ2) is 5.89. The van der Waals surface area contributed by atoms with Gasteiger partial charge in [-0.2, -0.15) is 21.6 Å². The molecule has 0 saturated heterocycles. The second-order valence-corrected chi connectivity index (χ2v) is 19.7. The van der Waals surface area contributed by atoms with Crippen LogP contribution in [0.3, 0.4) is 0 Å². The molecule has 0 amide bonds. The van der Waals surface area contributed by atoms with E-state index in [0.717, 1.165) is 0 Å². The van der Waals surface area contributed by atoms with E-state index in [1.807, 2.05) is 62.3 Å². The molecule has 0 aromatic heterocycles. The lowest BCUT2D eigenvalue weighted by Gasteiger charge is -2.58. The smallest absolute Gasteiger partial charge is 0.313 e. The normalized spacial score (nSPS) is 16.0. The summed E-state index contributed by atoms with van der Waals surface area (Å²) in [5, 5.41) is -0.991. The maximum atomic E-state index is 12.6. The van der Waals surface area contributed by atoms with E-state index in [9.17, 15) is 21.6 Å². The molecule has 0 heterocycles. The van der Waals surface area contributed by atoms with Crippen LogP contribution < -0.4 is 0 Å². The third-order valence-corrected chi connectivity index (χ3v) is 21.2. The number of halogens is 3. The highest BCUT2D eigenvalue weighted by molar-refractivity contribution is 7.88. The second-order valence-electron chi connectivity index (χ2n) is 8.59. The Morgan fingerprint density at radius 3 is 1.23 bits per heavy atom. The Hall–Kier alpha value is 0.134. The Kier molecular flexibility index (Phi) is 5.93. The first-order valence-electron chi connectivity index (χ1n) is 6.98. The van der Waals surface area contributed by atoms with Crippen LogP contribution in [-0.4, -0.2) is 30.8 Å². The molecule has 0 rings (SSSR count). The van der Waals surface area contributed by atoms with Gasteiger partial charge < -0.3 is 3.87 Å². The van der Waals surface area contributed by atoms with Gasteiger partial charge in [0, 0.05) is 0 Å². The Labute approximate surface area is 135 Å². The summed E-state index contributed by atoms with van der Waals surface area (Å²) >= 11 is 0. The maximum Gasteiger partial charge on any atom is 0.522 e. The summed E-state index contributed by atoms with van der Waals surface area (Å²) in [6.45, 7) is 17.7. The van der Waals surface area contributed by atoms with Crippen LogP contribution in [0.15, 0.2) is 0 Å². The lowest BCUT2D eigenvalue weighted by atomic mass is 10.2. The minimum atomic E-state index is -5.56. The van der Waals surface area contributed by atoms with Gasteiger partial charge in [-0.15, -0.1) is 0 Å². The monoisotopic (exact) mass is 376 g/mol. The molecule has 0 bridgehead atoms. The van der Waals surface area contributed by atoms with Crippen LogP contribution in [0.4, 0.5) is 13.2 Å². The van der Waals surface area contributed by atoms with Gasteiger partial charge in [0.05, 0.1) is 7.59 Å². The minimum Gasteiger partial charge on any atom is -0.313 e. The van der Waals surface area contributed by atoms with Gasteiger partial charge in [0.2, 0.25) is 9.28 Å². The standard InChI is InChI=1S/C13H27F3O3SSi2/c1-10(2,3)22(11(4,5)6,12(7,8)9)21-19-20(17,18)13(14,15)16/h1-9H3. The zero-order chi connectivity index (χ0) is 18.4. The van der Waals surface area contributed by atoms with Crippen molar-refractivity contribution in [3.05, 3.63) is 0 Å².